The smallest absolute Gasteiger partial charge is 0.349 e. The minimum absolute atomic E-state index is 0.127. The highest BCUT2D eigenvalue weighted by molar-refractivity contribution is 7.20. The Labute approximate surface area is 182 Å². The quantitative estimate of drug-likeness (QED) is 0.577. The molecule has 0 spiro atoms. The van der Waals surface area contributed by atoms with Gasteiger partial charge in [0.15, 0.2) is 6.10 Å². The Hall–Kier alpha value is -2.91. The predicted molar refractivity (Wildman–Crippen MR) is 115 cm³/mol. The summed E-state index contributed by atoms with van der Waals surface area (Å²) >= 11 is 7.16. The van der Waals surface area contributed by atoms with E-state index in [1.54, 1.807) is 36.7 Å². The number of thiophene rings is 1. The molecule has 3 rings (SSSR count). The minimum Gasteiger partial charge on any atom is -0.448 e. The molecule has 8 nitrogen and oxygen atoms in total. The maximum atomic E-state index is 12.6. The molecule has 0 saturated carbocycles. The van der Waals surface area contributed by atoms with Crippen LogP contribution in [0.5, 0.6) is 0 Å². The second kappa shape index (κ2) is 8.85. The van der Waals surface area contributed by atoms with Gasteiger partial charge in [0.05, 0.1) is 11.4 Å². The highest BCUT2D eigenvalue weighted by Crippen LogP contribution is 2.31. The first kappa shape index (κ1) is 21.8. The lowest BCUT2D eigenvalue weighted by Gasteiger charge is -2.13. The first-order valence-electron chi connectivity index (χ1n) is 9.23. The minimum atomic E-state index is -1.13. The third-order valence-electron chi connectivity index (χ3n) is 4.13. The fourth-order valence-corrected chi connectivity index (χ4v) is 3.88. The molecule has 1 atom stereocenters. The average Bonchev–Trinajstić information content (AvgIpc) is 3.22. The van der Waals surface area contributed by atoms with E-state index in [1.807, 2.05) is 19.1 Å². The standard InChI is InChI=1S/C20H21ClN4O4S/c1-10(2)22-20(28)23-17(26)12(4)29-19(27)16-9-15-11(3)24-25(18(15)30-16)14-7-5-13(21)6-8-14/h5-10,12H,1-4H3,(H2,22,23,26,28). The van der Waals surface area contributed by atoms with Crippen molar-refractivity contribution in [2.75, 3.05) is 0 Å². The predicted octanol–water partition coefficient (Wildman–Crippen LogP) is 3.83. The van der Waals surface area contributed by atoms with Gasteiger partial charge in [0.2, 0.25) is 0 Å². The van der Waals surface area contributed by atoms with Crippen LogP contribution in [0.15, 0.2) is 30.3 Å². The van der Waals surface area contributed by atoms with Gasteiger partial charge in [-0.15, -0.1) is 11.3 Å². The number of fused-ring (bicyclic) bond motifs is 1. The molecule has 1 aromatic carbocycles. The largest absolute Gasteiger partial charge is 0.448 e. The Morgan fingerprint density at radius 3 is 2.47 bits per heavy atom. The molecule has 2 N–H and O–H groups in total. The first-order valence-corrected chi connectivity index (χ1v) is 10.4. The average molecular weight is 449 g/mol. The highest BCUT2D eigenvalue weighted by atomic mass is 35.5. The number of urea groups is 1. The number of hydrogen-bond acceptors (Lipinski definition) is 6. The van der Waals surface area contributed by atoms with E-state index in [0.717, 1.165) is 21.6 Å². The number of halogens is 1. The van der Waals surface area contributed by atoms with Crippen LogP contribution in [0, 0.1) is 6.92 Å². The van der Waals surface area contributed by atoms with Crippen molar-refractivity contribution in [3.8, 4) is 5.69 Å². The Morgan fingerprint density at radius 1 is 1.17 bits per heavy atom. The zero-order chi connectivity index (χ0) is 22.0. The maximum absolute atomic E-state index is 12.6. The van der Waals surface area contributed by atoms with Gasteiger partial charge < -0.3 is 10.1 Å². The lowest BCUT2D eigenvalue weighted by atomic mass is 10.3. The van der Waals surface area contributed by atoms with Crippen molar-refractivity contribution < 1.29 is 19.1 Å². The number of rotatable bonds is 5. The van der Waals surface area contributed by atoms with Crippen LogP contribution in [0.2, 0.25) is 5.02 Å². The van der Waals surface area contributed by atoms with Crippen molar-refractivity contribution in [1.29, 1.82) is 0 Å². The Balaban J connectivity index is 1.76. The maximum Gasteiger partial charge on any atom is 0.349 e. The number of nitrogens with zero attached hydrogens (tertiary/aromatic N) is 2. The number of aryl methyl sites for hydroxylation is 1. The van der Waals surface area contributed by atoms with Gasteiger partial charge in [-0.1, -0.05) is 11.6 Å². The van der Waals surface area contributed by atoms with E-state index in [0.29, 0.717) is 9.90 Å². The van der Waals surface area contributed by atoms with Crippen LogP contribution >= 0.6 is 22.9 Å². The lowest BCUT2D eigenvalue weighted by Crippen LogP contribution is -2.46. The van der Waals surface area contributed by atoms with Crippen LogP contribution in [0.1, 0.15) is 36.1 Å². The number of hydrogen-bond donors (Lipinski definition) is 2. The first-order chi connectivity index (χ1) is 14.2. The van der Waals surface area contributed by atoms with Crippen LogP contribution in [0.3, 0.4) is 0 Å². The summed E-state index contributed by atoms with van der Waals surface area (Å²) in [4.78, 5) is 37.4. The molecule has 158 valence electrons. The molecule has 1 unspecified atom stereocenters. The van der Waals surface area contributed by atoms with Crippen LogP contribution in [-0.2, 0) is 9.53 Å². The molecule has 0 radical (unpaired) electrons. The van der Waals surface area contributed by atoms with Crippen molar-refractivity contribution in [3.63, 3.8) is 0 Å². The van der Waals surface area contributed by atoms with E-state index in [-0.39, 0.29) is 6.04 Å². The fraction of sp³-hybridized carbons (Fsp3) is 0.300. The second-order valence-electron chi connectivity index (χ2n) is 6.97. The number of ether oxygens (including phenoxy) is 1. The van der Waals surface area contributed by atoms with Crippen LogP contribution in [0.25, 0.3) is 15.9 Å². The SMILES string of the molecule is Cc1nn(-c2ccc(Cl)cc2)c2sc(C(=O)OC(C)C(=O)NC(=O)NC(C)C)cc12. The molecule has 10 heteroatoms. The number of amides is 3. The van der Waals surface area contributed by atoms with E-state index >= 15 is 0 Å². The molecule has 0 aliphatic carbocycles. The summed E-state index contributed by atoms with van der Waals surface area (Å²) < 4.78 is 6.97. The number of aromatic nitrogens is 2. The molecule has 0 saturated heterocycles. The van der Waals surface area contributed by atoms with Gasteiger partial charge in [0, 0.05) is 16.5 Å². The molecule has 3 aromatic rings. The van der Waals surface area contributed by atoms with E-state index in [2.05, 4.69) is 15.7 Å². The summed E-state index contributed by atoms with van der Waals surface area (Å²) in [6.45, 7) is 6.79. The zero-order valence-corrected chi connectivity index (χ0v) is 18.4. The molecule has 0 bridgehead atoms. The van der Waals surface area contributed by atoms with Gasteiger partial charge in [-0.3, -0.25) is 10.1 Å². The highest BCUT2D eigenvalue weighted by Gasteiger charge is 2.24. The van der Waals surface area contributed by atoms with E-state index in [9.17, 15) is 14.4 Å². The van der Waals surface area contributed by atoms with Gasteiger partial charge >= 0.3 is 12.0 Å². The normalized spacial score (nSPS) is 12.1. The summed E-state index contributed by atoms with van der Waals surface area (Å²) in [5, 5.41) is 10.6. The summed E-state index contributed by atoms with van der Waals surface area (Å²) in [5.74, 6) is -1.35. The van der Waals surface area contributed by atoms with Crippen LogP contribution < -0.4 is 10.6 Å². The van der Waals surface area contributed by atoms with Gasteiger partial charge in [0.1, 0.15) is 9.71 Å². The number of imide groups is 1. The third-order valence-corrected chi connectivity index (χ3v) is 5.47. The van der Waals surface area contributed by atoms with Crippen molar-refractivity contribution >= 4 is 51.1 Å². The van der Waals surface area contributed by atoms with Gasteiger partial charge in [0.25, 0.3) is 5.91 Å². The zero-order valence-electron chi connectivity index (χ0n) is 16.9. The monoisotopic (exact) mass is 448 g/mol. The topological polar surface area (TPSA) is 102 Å². The van der Waals surface area contributed by atoms with Crippen molar-refractivity contribution in [2.45, 2.75) is 39.8 Å². The van der Waals surface area contributed by atoms with E-state index in [1.165, 1.54) is 18.3 Å². The van der Waals surface area contributed by atoms with E-state index in [4.69, 9.17) is 16.3 Å². The molecular formula is C20H21ClN4O4S. The molecule has 0 aliphatic rings. The lowest BCUT2D eigenvalue weighted by molar-refractivity contribution is -0.127. The molecule has 2 heterocycles. The number of carbonyl (C=O) groups excluding carboxylic acids is 3. The Morgan fingerprint density at radius 2 is 1.83 bits per heavy atom. The number of carbonyl (C=O) groups is 3. The summed E-state index contributed by atoms with van der Waals surface area (Å²) in [7, 11) is 0. The van der Waals surface area contributed by atoms with E-state index < -0.39 is 24.0 Å². The number of benzene rings is 1. The Bertz CT molecular complexity index is 1100. The molecule has 0 aliphatic heterocycles. The van der Waals surface area contributed by atoms with Crippen molar-refractivity contribution in [3.05, 3.63) is 45.9 Å². The number of esters is 1. The van der Waals surface area contributed by atoms with Gasteiger partial charge in [-0.05, 0) is 58.0 Å². The van der Waals surface area contributed by atoms with Crippen LogP contribution in [0.4, 0.5) is 4.79 Å². The number of nitrogens with one attached hydrogen (secondary N) is 2. The molecule has 0 fully saturated rings. The molecule has 2 aromatic heterocycles. The van der Waals surface area contributed by atoms with Crippen LogP contribution in [-0.4, -0.2) is 39.8 Å². The van der Waals surface area contributed by atoms with Gasteiger partial charge in [-0.25, -0.2) is 14.3 Å². The molecule has 3 amide bonds. The fourth-order valence-electron chi connectivity index (χ4n) is 2.69. The Kier molecular flexibility index (Phi) is 6.42. The summed E-state index contributed by atoms with van der Waals surface area (Å²) in [5.41, 5.74) is 1.56. The van der Waals surface area contributed by atoms with Crippen molar-refractivity contribution in [2.24, 2.45) is 0 Å². The summed E-state index contributed by atoms with van der Waals surface area (Å²) in [6.07, 6.45) is -1.13. The molecule has 30 heavy (non-hydrogen) atoms. The third kappa shape index (κ3) is 4.80. The summed E-state index contributed by atoms with van der Waals surface area (Å²) in [6, 6.07) is 8.11. The molecular weight excluding hydrogens is 428 g/mol. The second-order valence-corrected chi connectivity index (χ2v) is 8.44. The van der Waals surface area contributed by atoms with Gasteiger partial charge in [-0.2, -0.15) is 5.10 Å². The van der Waals surface area contributed by atoms with Crippen molar-refractivity contribution in [1.82, 2.24) is 20.4 Å².